The van der Waals surface area contributed by atoms with Crippen molar-refractivity contribution in [1.29, 1.82) is 0 Å². The number of aliphatic hydroxyl groups is 1. The molecule has 1 fully saturated rings. The average molecular weight is 435 g/mol. The standard InChI is InChI=1S/C26H30N2O4/c1-4-17-32-21-14-10-13-20(18-21)23-22(24(29)19-11-8-7-9-12-19)25(30)26(31)28(23)16-15-27(5-2)6-3/h4,7-14,18,23,29H,1,5-6,15-17H2,2-3H3/b24-22+/t23-/m0/s1. The van der Waals surface area contributed by atoms with E-state index < -0.39 is 17.7 Å². The molecule has 32 heavy (non-hydrogen) atoms. The summed E-state index contributed by atoms with van der Waals surface area (Å²) in [5.41, 5.74) is 1.31. The molecule has 0 spiro atoms. The fraction of sp³-hybridized carbons (Fsp3) is 0.308. The number of amides is 1. The number of carbonyl (C=O) groups is 2. The maximum atomic E-state index is 13.1. The van der Waals surface area contributed by atoms with Crippen molar-refractivity contribution in [2.75, 3.05) is 32.8 Å². The number of likely N-dealkylation sites (N-methyl/N-ethyl adjacent to an activating group) is 1. The van der Waals surface area contributed by atoms with Crippen LogP contribution in [0.15, 0.2) is 72.8 Å². The number of Topliss-reactive ketones (excluding diaryl/α,β-unsaturated/α-hetero) is 1. The molecule has 6 nitrogen and oxygen atoms in total. The van der Waals surface area contributed by atoms with E-state index in [0.29, 0.717) is 36.6 Å². The van der Waals surface area contributed by atoms with E-state index in [9.17, 15) is 14.7 Å². The Balaban J connectivity index is 2.08. The Morgan fingerprint density at radius 3 is 2.50 bits per heavy atom. The van der Waals surface area contributed by atoms with E-state index in [1.54, 1.807) is 35.2 Å². The molecule has 0 radical (unpaired) electrons. The summed E-state index contributed by atoms with van der Waals surface area (Å²) in [4.78, 5) is 29.9. The molecule has 168 valence electrons. The summed E-state index contributed by atoms with van der Waals surface area (Å²) in [6.45, 7) is 10.8. The number of carbonyl (C=O) groups excluding carboxylic acids is 2. The van der Waals surface area contributed by atoms with E-state index in [1.165, 1.54) is 0 Å². The lowest BCUT2D eigenvalue weighted by molar-refractivity contribution is -0.140. The van der Waals surface area contributed by atoms with Crippen molar-refractivity contribution in [3.63, 3.8) is 0 Å². The van der Waals surface area contributed by atoms with Gasteiger partial charge in [-0.3, -0.25) is 9.59 Å². The van der Waals surface area contributed by atoms with Gasteiger partial charge in [-0.25, -0.2) is 0 Å². The highest BCUT2D eigenvalue weighted by atomic mass is 16.5. The topological polar surface area (TPSA) is 70.1 Å². The summed E-state index contributed by atoms with van der Waals surface area (Å²) in [6.07, 6.45) is 1.65. The van der Waals surface area contributed by atoms with Crippen molar-refractivity contribution in [3.8, 4) is 5.75 Å². The third-order valence-corrected chi connectivity index (χ3v) is 5.68. The zero-order chi connectivity index (χ0) is 23.1. The molecule has 0 saturated carbocycles. The molecule has 1 N–H and O–H groups in total. The Labute approximate surface area is 189 Å². The quantitative estimate of drug-likeness (QED) is 0.265. The molecule has 0 aliphatic carbocycles. The molecule has 0 aromatic heterocycles. The van der Waals surface area contributed by atoms with Crippen molar-refractivity contribution in [2.45, 2.75) is 19.9 Å². The van der Waals surface area contributed by atoms with Crippen LogP contribution in [0.4, 0.5) is 0 Å². The monoisotopic (exact) mass is 434 g/mol. The number of likely N-dealkylation sites (tertiary alicyclic amines) is 1. The second kappa shape index (κ2) is 10.8. The van der Waals surface area contributed by atoms with Gasteiger partial charge < -0.3 is 19.6 Å². The maximum Gasteiger partial charge on any atom is 0.295 e. The molecule has 2 aromatic carbocycles. The maximum absolute atomic E-state index is 13.1. The van der Waals surface area contributed by atoms with Gasteiger partial charge in [-0.05, 0) is 30.8 Å². The van der Waals surface area contributed by atoms with Crippen LogP contribution in [0.3, 0.4) is 0 Å². The number of hydrogen-bond acceptors (Lipinski definition) is 5. The second-order valence-electron chi connectivity index (χ2n) is 7.56. The Bertz CT molecular complexity index is 996. The van der Waals surface area contributed by atoms with Crippen LogP contribution in [0.2, 0.25) is 0 Å². The van der Waals surface area contributed by atoms with Crippen LogP contribution in [-0.2, 0) is 9.59 Å². The largest absolute Gasteiger partial charge is 0.507 e. The third kappa shape index (κ3) is 4.92. The predicted molar refractivity (Wildman–Crippen MR) is 125 cm³/mol. The van der Waals surface area contributed by atoms with E-state index >= 15 is 0 Å². The van der Waals surface area contributed by atoms with Gasteiger partial charge in [-0.15, -0.1) is 0 Å². The zero-order valence-electron chi connectivity index (χ0n) is 18.7. The Morgan fingerprint density at radius 1 is 1.12 bits per heavy atom. The number of nitrogens with zero attached hydrogens (tertiary/aromatic N) is 2. The van der Waals surface area contributed by atoms with Crippen molar-refractivity contribution in [1.82, 2.24) is 9.80 Å². The van der Waals surface area contributed by atoms with Gasteiger partial charge in [0.25, 0.3) is 11.7 Å². The molecule has 1 aliphatic heterocycles. The molecule has 1 atom stereocenters. The van der Waals surface area contributed by atoms with Crippen LogP contribution in [-0.4, -0.2) is 59.4 Å². The van der Waals surface area contributed by atoms with Gasteiger partial charge in [0.05, 0.1) is 11.6 Å². The minimum Gasteiger partial charge on any atom is -0.507 e. The fourth-order valence-corrected chi connectivity index (χ4v) is 3.93. The van der Waals surface area contributed by atoms with Gasteiger partial charge in [0, 0.05) is 18.7 Å². The van der Waals surface area contributed by atoms with Crippen molar-refractivity contribution < 1.29 is 19.4 Å². The van der Waals surface area contributed by atoms with Crippen molar-refractivity contribution in [3.05, 3.63) is 84.0 Å². The first-order chi connectivity index (χ1) is 15.5. The number of ether oxygens (including phenoxy) is 1. The Hall–Kier alpha value is -3.38. The van der Waals surface area contributed by atoms with Crippen LogP contribution < -0.4 is 4.74 Å². The molecule has 2 aromatic rings. The lowest BCUT2D eigenvalue weighted by atomic mass is 9.95. The minimum absolute atomic E-state index is 0.0987. The van der Waals surface area contributed by atoms with E-state index in [4.69, 9.17) is 4.74 Å². The lowest BCUT2D eigenvalue weighted by Gasteiger charge is -2.28. The number of aliphatic hydroxyl groups excluding tert-OH is 1. The zero-order valence-corrected chi connectivity index (χ0v) is 18.7. The van der Waals surface area contributed by atoms with Crippen LogP contribution in [0.25, 0.3) is 5.76 Å². The Kier molecular flexibility index (Phi) is 7.84. The van der Waals surface area contributed by atoms with Gasteiger partial charge in [-0.1, -0.05) is 69.0 Å². The molecular weight excluding hydrogens is 404 g/mol. The van der Waals surface area contributed by atoms with Gasteiger partial charge in [0.1, 0.15) is 18.1 Å². The molecule has 1 amide bonds. The Morgan fingerprint density at radius 2 is 1.84 bits per heavy atom. The van der Waals surface area contributed by atoms with Crippen LogP contribution in [0, 0.1) is 0 Å². The number of hydrogen-bond donors (Lipinski definition) is 1. The number of rotatable bonds is 10. The van der Waals surface area contributed by atoms with E-state index in [-0.39, 0.29) is 11.3 Å². The molecule has 0 bridgehead atoms. The van der Waals surface area contributed by atoms with Gasteiger partial charge in [0.2, 0.25) is 0 Å². The van der Waals surface area contributed by atoms with Gasteiger partial charge in [0.15, 0.2) is 0 Å². The highest BCUT2D eigenvalue weighted by molar-refractivity contribution is 6.46. The smallest absolute Gasteiger partial charge is 0.295 e. The summed E-state index contributed by atoms with van der Waals surface area (Å²) < 4.78 is 5.66. The molecular formula is C26H30N2O4. The van der Waals surface area contributed by atoms with E-state index in [1.807, 2.05) is 30.3 Å². The van der Waals surface area contributed by atoms with Crippen LogP contribution >= 0.6 is 0 Å². The SMILES string of the molecule is C=CCOc1cccc([C@H]2/C(=C(\O)c3ccccc3)C(=O)C(=O)N2CCN(CC)CC)c1. The highest BCUT2D eigenvalue weighted by Gasteiger charge is 2.46. The third-order valence-electron chi connectivity index (χ3n) is 5.68. The summed E-state index contributed by atoms with van der Waals surface area (Å²) in [5, 5.41) is 11.1. The first kappa shape index (κ1) is 23.3. The highest BCUT2D eigenvalue weighted by Crippen LogP contribution is 2.40. The predicted octanol–water partition coefficient (Wildman–Crippen LogP) is 4.01. The molecule has 3 rings (SSSR count). The average Bonchev–Trinajstić information content (AvgIpc) is 3.08. The first-order valence-electron chi connectivity index (χ1n) is 10.9. The minimum atomic E-state index is -0.696. The van der Waals surface area contributed by atoms with Crippen LogP contribution in [0.5, 0.6) is 5.75 Å². The van der Waals surface area contributed by atoms with Gasteiger partial charge >= 0.3 is 0 Å². The normalized spacial score (nSPS) is 17.7. The summed E-state index contributed by atoms with van der Waals surface area (Å²) in [7, 11) is 0. The number of ketones is 1. The van der Waals surface area contributed by atoms with E-state index in [2.05, 4.69) is 25.3 Å². The molecule has 0 unspecified atom stereocenters. The molecule has 1 aliphatic rings. The lowest BCUT2D eigenvalue weighted by Crippen LogP contribution is -2.38. The fourth-order valence-electron chi connectivity index (χ4n) is 3.93. The summed E-state index contributed by atoms with van der Waals surface area (Å²) >= 11 is 0. The summed E-state index contributed by atoms with van der Waals surface area (Å²) in [5.74, 6) is -0.835. The van der Waals surface area contributed by atoms with Gasteiger partial charge in [-0.2, -0.15) is 0 Å². The van der Waals surface area contributed by atoms with Crippen molar-refractivity contribution in [2.24, 2.45) is 0 Å². The number of benzene rings is 2. The first-order valence-corrected chi connectivity index (χ1v) is 10.9. The molecule has 6 heteroatoms. The summed E-state index contributed by atoms with van der Waals surface area (Å²) in [6, 6.07) is 15.4. The molecule has 1 heterocycles. The molecule has 1 saturated heterocycles. The van der Waals surface area contributed by atoms with Crippen LogP contribution in [0.1, 0.15) is 31.0 Å². The van der Waals surface area contributed by atoms with Crippen molar-refractivity contribution >= 4 is 17.4 Å². The van der Waals surface area contributed by atoms with E-state index in [0.717, 1.165) is 13.1 Å². The second-order valence-corrected chi connectivity index (χ2v) is 7.56.